The summed E-state index contributed by atoms with van der Waals surface area (Å²) in [5.74, 6) is -0.228. The third-order valence-electron chi connectivity index (χ3n) is 5.17. The zero-order valence-electron chi connectivity index (χ0n) is 17.6. The van der Waals surface area contributed by atoms with Crippen LogP contribution in [0.5, 0.6) is 0 Å². The lowest BCUT2D eigenvalue weighted by atomic mass is 9.84. The molecular weight excluding hydrogens is 432 g/mol. The fourth-order valence-electron chi connectivity index (χ4n) is 3.51. The van der Waals surface area contributed by atoms with E-state index in [0.717, 1.165) is 11.1 Å². The number of carbonyl (C=O) groups is 3. The van der Waals surface area contributed by atoms with Crippen molar-refractivity contribution in [2.75, 3.05) is 0 Å². The van der Waals surface area contributed by atoms with E-state index in [2.05, 4.69) is 0 Å². The Labute approximate surface area is 197 Å². The molecule has 0 fully saturated rings. The van der Waals surface area contributed by atoms with E-state index in [1.54, 1.807) is 48.5 Å². The fraction of sp³-hybridized carbons (Fsp3) is 0. The second-order valence-electron chi connectivity index (χ2n) is 7.37. The Bertz CT molecular complexity index is 1360. The van der Waals surface area contributed by atoms with Gasteiger partial charge >= 0.3 is 0 Å². The molecule has 0 amide bonds. The zero-order valence-corrected chi connectivity index (χ0v) is 18.3. The molecule has 0 saturated heterocycles. The molecule has 4 heteroatoms. The first kappa shape index (κ1) is 22.1. The predicted molar refractivity (Wildman–Crippen MR) is 131 cm³/mol. The quantitative estimate of drug-likeness (QED) is 0.227. The molecule has 1 aliphatic carbocycles. The normalized spacial score (nSPS) is 11.9. The van der Waals surface area contributed by atoms with Crippen molar-refractivity contribution in [1.82, 2.24) is 0 Å². The van der Waals surface area contributed by atoms with Crippen LogP contribution in [0.15, 0.2) is 109 Å². The van der Waals surface area contributed by atoms with Gasteiger partial charge in [0, 0.05) is 32.8 Å². The molecule has 0 atom stereocenters. The molecule has 160 valence electrons. The standard InChI is InChI=1S/C15H12O.C14H7ClO2/c16-15(14-9-5-2-6-10-14)12-11-13-7-3-1-4-8-13;15-8-5-6-11-12(7-8)14(17)10-4-2-1-3-9(10)13(11)16/h1-12H;1-7H. The van der Waals surface area contributed by atoms with E-state index in [1.807, 2.05) is 66.7 Å². The lowest BCUT2D eigenvalue weighted by Crippen LogP contribution is -2.20. The van der Waals surface area contributed by atoms with E-state index in [0.29, 0.717) is 27.3 Å². The molecule has 1 aliphatic rings. The van der Waals surface area contributed by atoms with Crippen molar-refractivity contribution >= 4 is 35.0 Å². The van der Waals surface area contributed by atoms with Crippen LogP contribution in [-0.4, -0.2) is 17.3 Å². The van der Waals surface area contributed by atoms with Crippen molar-refractivity contribution in [2.24, 2.45) is 0 Å². The Hall–Kier alpha value is -4.08. The lowest BCUT2D eigenvalue weighted by Gasteiger charge is -2.16. The largest absolute Gasteiger partial charge is 0.289 e. The van der Waals surface area contributed by atoms with Gasteiger partial charge in [0.2, 0.25) is 0 Å². The number of fused-ring (bicyclic) bond motifs is 2. The minimum atomic E-state index is -0.141. The maximum atomic E-state index is 12.2. The van der Waals surface area contributed by atoms with Crippen LogP contribution in [0.3, 0.4) is 0 Å². The number of rotatable bonds is 3. The van der Waals surface area contributed by atoms with Crippen LogP contribution in [0.1, 0.15) is 47.8 Å². The van der Waals surface area contributed by atoms with Crippen LogP contribution in [0.4, 0.5) is 0 Å². The molecule has 33 heavy (non-hydrogen) atoms. The highest BCUT2D eigenvalue weighted by Crippen LogP contribution is 2.28. The third-order valence-corrected chi connectivity index (χ3v) is 5.41. The van der Waals surface area contributed by atoms with Crippen LogP contribution in [0.25, 0.3) is 6.08 Å². The minimum Gasteiger partial charge on any atom is -0.289 e. The zero-order chi connectivity index (χ0) is 23.2. The van der Waals surface area contributed by atoms with E-state index in [9.17, 15) is 14.4 Å². The molecule has 4 aromatic rings. The number of halogens is 1. The van der Waals surface area contributed by atoms with Gasteiger partial charge in [-0.3, -0.25) is 14.4 Å². The van der Waals surface area contributed by atoms with Crippen LogP contribution < -0.4 is 0 Å². The number of hydrogen-bond donors (Lipinski definition) is 0. The highest BCUT2D eigenvalue weighted by Gasteiger charge is 2.29. The smallest absolute Gasteiger partial charge is 0.194 e. The summed E-state index contributed by atoms with van der Waals surface area (Å²) < 4.78 is 0. The first-order valence-corrected chi connectivity index (χ1v) is 10.7. The second kappa shape index (κ2) is 10.0. The highest BCUT2D eigenvalue weighted by atomic mass is 35.5. The van der Waals surface area contributed by atoms with Crippen LogP contribution >= 0.6 is 11.6 Å². The van der Waals surface area contributed by atoms with Gasteiger partial charge in [0.05, 0.1) is 0 Å². The molecule has 0 aliphatic heterocycles. The summed E-state index contributed by atoms with van der Waals surface area (Å²) in [6.07, 6.45) is 3.43. The highest BCUT2D eigenvalue weighted by molar-refractivity contribution is 6.33. The Morgan fingerprint density at radius 1 is 0.606 bits per heavy atom. The summed E-state index contributed by atoms with van der Waals surface area (Å²) in [6.45, 7) is 0. The summed E-state index contributed by atoms with van der Waals surface area (Å²) in [6, 6.07) is 30.7. The Morgan fingerprint density at radius 3 is 1.76 bits per heavy atom. The second-order valence-corrected chi connectivity index (χ2v) is 7.80. The molecular formula is C29H19ClO3. The molecule has 0 aromatic heterocycles. The molecule has 0 radical (unpaired) electrons. The predicted octanol–water partition coefficient (Wildman–Crippen LogP) is 6.70. The van der Waals surface area contributed by atoms with E-state index in [1.165, 1.54) is 0 Å². The van der Waals surface area contributed by atoms with Gasteiger partial charge < -0.3 is 0 Å². The monoisotopic (exact) mass is 450 g/mol. The van der Waals surface area contributed by atoms with E-state index in [-0.39, 0.29) is 17.3 Å². The summed E-state index contributed by atoms with van der Waals surface area (Å²) in [4.78, 5) is 36.1. The topological polar surface area (TPSA) is 51.2 Å². The maximum Gasteiger partial charge on any atom is 0.194 e. The molecule has 0 unspecified atom stereocenters. The summed E-state index contributed by atoms with van der Waals surface area (Å²) in [5, 5.41) is 0.462. The van der Waals surface area contributed by atoms with Gasteiger partial charge in [-0.2, -0.15) is 0 Å². The summed E-state index contributed by atoms with van der Waals surface area (Å²) >= 11 is 5.85. The summed E-state index contributed by atoms with van der Waals surface area (Å²) in [5.41, 5.74) is 3.49. The lowest BCUT2D eigenvalue weighted by molar-refractivity contribution is 0.0979. The van der Waals surface area contributed by atoms with Crippen LogP contribution in [0, 0.1) is 0 Å². The molecule has 0 spiro atoms. The first-order chi connectivity index (χ1) is 16.0. The SMILES string of the molecule is O=C(C=Cc1ccccc1)c1ccccc1.O=C1c2ccccc2C(=O)c2cc(Cl)ccc21. The van der Waals surface area contributed by atoms with E-state index in [4.69, 9.17) is 11.6 Å². The van der Waals surface area contributed by atoms with Gasteiger partial charge in [0.15, 0.2) is 17.3 Å². The van der Waals surface area contributed by atoms with Gasteiger partial charge in [0.25, 0.3) is 0 Å². The van der Waals surface area contributed by atoms with Crippen molar-refractivity contribution in [2.45, 2.75) is 0 Å². The van der Waals surface area contributed by atoms with Crippen LogP contribution in [-0.2, 0) is 0 Å². The molecule has 0 saturated carbocycles. The van der Waals surface area contributed by atoms with Gasteiger partial charge in [0.1, 0.15) is 0 Å². The number of allylic oxidation sites excluding steroid dienone is 1. The Kier molecular flexibility index (Phi) is 6.72. The molecule has 0 N–H and O–H groups in total. The van der Waals surface area contributed by atoms with Crippen molar-refractivity contribution in [1.29, 1.82) is 0 Å². The van der Waals surface area contributed by atoms with E-state index >= 15 is 0 Å². The minimum absolute atomic E-state index is 0.0319. The number of hydrogen-bond acceptors (Lipinski definition) is 3. The molecule has 3 nitrogen and oxygen atoms in total. The molecule has 5 rings (SSSR count). The number of benzene rings is 4. The average molecular weight is 451 g/mol. The maximum absolute atomic E-state index is 12.2. The number of carbonyl (C=O) groups excluding carboxylic acids is 3. The van der Waals surface area contributed by atoms with Gasteiger partial charge in [-0.25, -0.2) is 0 Å². The fourth-order valence-corrected chi connectivity index (χ4v) is 3.68. The van der Waals surface area contributed by atoms with Crippen molar-refractivity contribution in [3.05, 3.63) is 148 Å². The van der Waals surface area contributed by atoms with Gasteiger partial charge in [-0.15, -0.1) is 0 Å². The van der Waals surface area contributed by atoms with Crippen LogP contribution in [0.2, 0.25) is 5.02 Å². The van der Waals surface area contributed by atoms with Crippen molar-refractivity contribution in [3.63, 3.8) is 0 Å². The Morgan fingerprint density at radius 2 is 1.12 bits per heavy atom. The average Bonchev–Trinajstić information content (AvgIpc) is 2.87. The van der Waals surface area contributed by atoms with Gasteiger partial charge in [-0.1, -0.05) is 103 Å². The van der Waals surface area contributed by atoms with Crippen molar-refractivity contribution < 1.29 is 14.4 Å². The van der Waals surface area contributed by atoms with Crippen molar-refractivity contribution in [3.8, 4) is 0 Å². The summed E-state index contributed by atoms with van der Waals surface area (Å²) in [7, 11) is 0. The third kappa shape index (κ3) is 5.05. The molecule has 0 heterocycles. The van der Waals surface area contributed by atoms with E-state index < -0.39 is 0 Å². The first-order valence-electron chi connectivity index (χ1n) is 10.3. The molecule has 4 aromatic carbocycles. The Balaban J connectivity index is 0.000000157. The van der Waals surface area contributed by atoms with Gasteiger partial charge in [-0.05, 0) is 29.8 Å². The molecule has 0 bridgehead atoms. The number of ketones is 3.